The highest BCUT2D eigenvalue weighted by Crippen LogP contribution is 2.14. The molecule has 0 unspecified atom stereocenters. The molecule has 3 aromatic rings. The van der Waals surface area contributed by atoms with E-state index in [2.05, 4.69) is 12.2 Å². The highest BCUT2D eigenvalue weighted by atomic mass is 16.2. The van der Waals surface area contributed by atoms with Gasteiger partial charge in [0.05, 0.1) is 17.8 Å². The molecule has 0 atom stereocenters. The number of hydrogen-bond donors (Lipinski definition) is 1. The predicted molar refractivity (Wildman–Crippen MR) is 104 cm³/mol. The number of anilines is 1. The lowest BCUT2D eigenvalue weighted by molar-refractivity contribution is -0.115. The highest BCUT2D eigenvalue weighted by molar-refractivity contribution is 5.92. The summed E-state index contributed by atoms with van der Waals surface area (Å²) in [5.41, 5.74) is 3.74. The van der Waals surface area contributed by atoms with E-state index in [0.717, 1.165) is 17.7 Å². The van der Waals surface area contributed by atoms with Crippen molar-refractivity contribution in [3.63, 3.8) is 0 Å². The van der Waals surface area contributed by atoms with Crippen molar-refractivity contribution in [2.24, 2.45) is 7.05 Å². The fourth-order valence-corrected chi connectivity index (χ4v) is 2.97. The van der Waals surface area contributed by atoms with Crippen LogP contribution < -0.4 is 10.9 Å². The Morgan fingerprint density at radius 1 is 1.00 bits per heavy atom. The maximum Gasteiger partial charge on any atom is 0.295 e. The quantitative estimate of drug-likeness (QED) is 0.769. The van der Waals surface area contributed by atoms with E-state index < -0.39 is 0 Å². The lowest BCUT2D eigenvalue weighted by atomic mass is 10.1. The monoisotopic (exact) mass is 349 g/mol. The number of rotatable bonds is 5. The summed E-state index contributed by atoms with van der Waals surface area (Å²) in [5.74, 6) is -0.194. The smallest absolute Gasteiger partial charge is 0.295 e. The van der Waals surface area contributed by atoms with Crippen LogP contribution in [0.2, 0.25) is 0 Å². The van der Waals surface area contributed by atoms with E-state index in [1.54, 1.807) is 9.36 Å². The molecule has 0 aliphatic rings. The normalized spacial score (nSPS) is 10.7. The van der Waals surface area contributed by atoms with Crippen LogP contribution in [-0.4, -0.2) is 15.3 Å². The molecule has 1 aromatic heterocycles. The maximum atomic E-state index is 12.8. The maximum absolute atomic E-state index is 12.8. The lowest BCUT2D eigenvalue weighted by Gasteiger charge is -2.07. The molecule has 134 valence electrons. The molecule has 0 radical (unpaired) electrons. The Balaban J connectivity index is 1.83. The van der Waals surface area contributed by atoms with Crippen molar-refractivity contribution in [1.29, 1.82) is 0 Å². The third kappa shape index (κ3) is 3.47. The SMILES string of the molecule is CCc1ccc(CC(=O)Nc2c(C)n(C)n(-c3ccccc3)c2=O)cc1. The van der Waals surface area contributed by atoms with Crippen LogP contribution in [0.4, 0.5) is 5.69 Å². The van der Waals surface area contributed by atoms with Crippen LogP contribution in [0.25, 0.3) is 5.69 Å². The summed E-state index contributed by atoms with van der Waals surface area (Å²) >= 11 is 0. The van der Waals surface area contributed by atoms with Crippen molar-refractivity contribution in [3.05, 3.63) is 81.8 Å². The van der Waals surface area contributed by atoms with Crippen LogP contribution in [0.5, 0.6) is 0 Å². The van der Waals surface area contributed by atoms with E-state index in [-0.39, 0.29) is 17.9 Å². The molecule has 5 heteroatoms. The van der Waals surface area contributed by atoms with Crippen molar-refractivity contribution >= 4 is 11.6 Å². The van der Waals surface area contributed by atoms with Gasteiger partial charge in [-0.1, -0.05) is 49.4 Å². The average molecular weight is 349 g/mol. The van der Waals surface area contributed by atoms with Gasteiger partial charge in [0.25, 0.3) is 5.56 Å². The minimum Gasteiger partial charge on any atom is -0.320 e. The van der Waals surface area contributed by atoms with E-state index >= 15 is 0 Å². The summed E-state index contributed by atoms with van der Waals surface area (Å²) in [6, 6.07) is 17.3. The molecule has 0 fully saturated rings. The number of nitrogens with one attached hydrogen (secondary N) is 1. The Morgan fingerprint density at radius 2 is 1.62 bits per heavy atom. The molecule has 0 aliphatic carbocycles. The lowest BCUT2D eigenvalue weighted by Crippen LogP contribution is -2.23. The number of benzene rings is 2. The van der Waals surface area contributed by atoms with Gasteiger partial charge in [0.2, 0.25) is 5.91 Å². The van der Waals surface area contributed by atoms with Gasteiger partial charge in [-0.25, -0.2) is 4.68 Å². The number of aryl methyl sites for hydroxylation is 1. The summed E-state index contributed by atoms with van der Waals surface area (Å²) in [7, 11) is 1.81. The Morgan fingerprint density at radius 3 is 2.23 bits per heavy atom. The zero-order valence-electron chi connectivity index (χ0n) is 15.3. The van der Waals surface area contributed by atoms with E-state index in [4.69, 9.17) is 0 Å². The van der Waals surface area contributed by atoms with Crippen molar-refractivity contribution in [2.45, 2.75) is 26.7 Å². The Bertz CT molecular complexity index is 967. The molecule has 0 bridgehead atoms. The fourth-order valence-electron chi connectivity index (χ4n) is 2.97. The molecule has 26 heavy (non-hydrogen) atoms. The second-order valence-corrected chi connectivity index (χ2v) is 6.33. The van der Waals surface area contributed by atoms with Gasteiger partial charge in [0.15, 0.2) is 0 Å². The van der Waals surface area contributed by atoms with Crippen LogP contribution in [0.3, 0.4) is 0 Å². The molecule has 0 aliphatic heterocycles. The summed E-state index contributed by atoms with van der Waals surface area (Å²) in [6.45, 7) is 3.92. The van der Waals surface area contributed by atoms with Gasteiger partial charge in [-0.3, -0.25) is 14.3 Å². The minimum absolute atomic E-state index is 0.194. The number of aromatic nitrogens is 2. The molecule has 1 heterocycles. The van der Waals surface area contributed by atoms with Gasteiger partial charge in [0.1, 0.15) is 5.69 Å². The summed E-state index contributed by atoms with van der Waals surface area (Å²) in [5, 5.41) is 2.79. The molecular weight excluding hydrogens is 326 g/mol. The van der Waals surface area contributed by atoms with Crippen LogP contribution in [0.1, 0.15) is 23.7 Å². The van der Waals surface area contributed by atoms with Crippen LogP contribution in [0.15, 0.2) is 59.4 Å². The van der Waals surface area contributed by atoms with Crippen molar-refractivity contribution in [2.75, 3.05) is 5.32 Å². The largest absolute Gasteiger partial charge is 0.320 e. The first-order valence-electron chi connectivity index (χ1n) is 8.73. The molecule has 0 saturated heterocycles. The van der Waals surface area contributed by atoms with Gasteiger partial charge in [-0.05, 0) is 36.6 Å². The molecule has 0 spiro atoms. The first-order valence-corrected chi connectivity index (χ1v) is 8.73. The fraction of sp³-hybridized carbons (Fsp3) is 0.238. The average Bonchev–Trinajstić information content (AvgIpc) is 2.86. The van der Waals surface area contributed by atoms with Crippen LogP contribution in [-0.2, 0) is 24.7 Å². The van der Waals surface area contributed by atoms with Crippen LogP contribution >= 0.6 is 0 Å². The zero-order valence-corrected chi connectivity index (χ0v) is 15.3. The number of para-hydroxylation sites is 1. The molecule has 3 rings (SSSR count). The number of amides is 1. The molecule has 2 aromatic carbocycles. The zero-order chi connectivity index (χ0) is 18.7. The summed E-state index contributed by atoms with van der Waals surface area (Å²) < 4.78 is 3.31. The highest BCUT2D eigenvalue weighted by Gasteiger charge is 2.18. The molecule has 1 amide bonds. The first-order chi connectivity index (χ1) is 12.5. The van der Waals surface area contributed by atoms with E-state index in [9.17, 15) is 9.59 Å². The van der Waals surface area contributed by atoms with Crippen molar-refractivity contribution in [3.8, 4) is 5.69 Å². The standard InChI is InChI=1S/C21H23N3O2/c1-4-16-10-12-17(13-11-16)14-19(25)22-20-15(2)23(3)24(21(20)26)18-8-6-5-7-9-18/h5-13H,4,14H2,1-3H3,(H,22,25). The second-order valence-electron chi connectivity index (χ2n) is 6.33. The van der Waals surface area contributed by atoms with Gasteiger partial charge in [-0.2, -0.15) is 0 Å². The third-order valence-corrected chi connectivity index (χ3v) is 4.61. The minimum atomic E-state index is -0.231. The van der Waals surface area contributed by atoms with E-state index in [1.807, 2.05) is 68.6 Å². The Labute approximate surface area is 152 Å². The Hall–Kier alpha value is -3.08. The number of carbonyl (C=O) groups excluding carboxylic acids is 1. The van der Waals surface area contributed by atoms with Gasteiger partial charge < -0.3 is 5.32 Å². The molecule has 1 N–H and O–H groups in total. The summed E-state index contributed by atoms with van der Waals surface area (Å²) in [4.78, 5) is 25.2. The van der Waals surface area contributed by atoms with Gasteiger partial charge in [-0.15, -0.1) is 0 Å². The van der Waals surface area contributed by atoms with Crippen molar-refractivity contribution < 1.29 is 4.79 Å². The predicted octanol–water partition coefficient (Wildman–Crippen LogP) is 3.23. The first kappa shape index (κ1) is 17.7. The molecule has 5 nitrogen and oxygen atoms in total. The molecular formula is C21H23N3O2. The van der Waals surface area contributed by atoms with Gasteiger partial charge >= 0.3 is 0 Å². The Kier molecular flexibility index (Phi) is 5.07. The number of nitrogens with zero attached hydrogens (tertiary/aromatic N) is 2. The number of carbonyl (C=O) groups is 1. The molecule has 0 saturated carbocycles. The van der Waals surface area contributed by atoms with Gasteiger partial charge in [0, 0.05) is 7.05 Å². The van der Waals surface area contributed by atoms with Crippen molar-refractivity contribution in [1.82, 2.24) is 9.36 Å². The second kappa shape index (κ2) is 7.44. The topological polar surface area (TPSA) is 56.0 Å². The third-order valence-electron chi connectivity index (χ3n) is 4.61. The van der Waals surface area contributed by atoms with E-state index in [0.29, 0.717) is 11.4 Å². The summed E-state index contributed by atoms with van der Waals surface area (Å²) in [6.07, 6.45) is 1.21. The van der Waals surface area contributed by atoms with E-state index in [1.165, 1.54) is 5.56 Å². The van der Waals surface area contributed by atoms with Crippen LogP contribution in [0, 0.1) is 6.92 Å². The number of hydrogen-bond acceptors (Lipinski definition) is 2.